The van der Waals surface area contributed by atoms with Gasteiger partial charge in [0.25, 0.3) is 5.91 Å². The molecular weight excluding hydrogens is 304 g/mol. The Hall–Kier alpha value is -2.83. The van der Waals surface area contributed by atoms with E-state index < -0.39 is 0 Å². The second-order valence-electron chi connectivity index (χ2n) is 6.06. The van der Waals surface area contributed by atoms with E-state index in [9.17, 15) is 4.79 Å². The number of benzene rings is 1. The summed E-state index contributed by atoms with van der Waals surface area (Å²) in [6.07, 6.45) is 4.96. The summed E-state index contributed by atoms with van der Waals surface area (Å²) >= 11 is 0. The van der Waals surface area contributed by atoms with Crippen molar-refractivity contribution in [3.05, 3.63) is 35.7 Å². The lowest BCUT2D eigenvalue weighted by atomic mass is 10.1. The quantitative estimate of drug-likeness (QED) is 0.774. The molecule has 3 heterocycles. The molecule has 0 atom stereocenters. The lowest BCUT2D eigenvalue weighted by Crippen LogP contribution is -2.16. The van der Waals surface area contributed by atoms with Crippen molar-refractivity contribution in [2.75, 3.05) is 11.1 Å². The van der Waals surface area contributed by atoms with Crippen LogP contribution in [-0.4, -0.2) is 25.2 Å². The zero-order chi connectivity index (χ0) is 16.7. The molecule has 0 saturated heterocycles. The topological polar surface area (TPSA) is 90.8 Å². The number of carbonyl (C=O) groups is 1. The number of rotatable bonds is 3. The number of imidazole rings is 1. The molecule has 1 aliphatic rings. The van der Waals surface area contributed by atoms with E-state index in [0.29, 0.717) is 11.5 Å². The van der Waals surface area contributed by atoms with Gasteiger partial charge < -0.3 is 15.6 Å². The number of nitrogen functional groups attached to an aromatic ring is 1. The highest BCUT2D eigenvalue weighted by Gasteiger charge is 2.17. The molecule has 0 spiro atoms. The third-order valence-corrected chi connectivity index (χ3v) is 4.59. The lowest BCUT2D eigenvalue weighted by molar-refractivity contribution is 0.102. The van der Waals surface area contributed by atoms with Crippen LogP contribution >= 0.6 is 0 Å². The van der Waals surface area contributed by atoms with Gasteiger partial charge in [-0.25, -0.2) is 4.98 Å². The van der Waals surface area contributed by atoms with Crippen LogP contribution in [0.1, 0.15) is 35.8 Å². The minimum absolute atomic E-state index is 0.150. The monoisotopic (exact) mass is 324 g/mol. The van der Waals surface area contributed by atoms with Gasteiger partial charge in [-0.3, -0.25) is 9.48 Å². The van der Waals surface area contributed by atoms with E-state index in [4.69, 9.17) is 5.73 Å². The summed E-state index contributed by atoms with van der Waals surface area (Å²) in [5, 5.41) is 7.33. The van der Waals surface area contributed by atoms with Crippen molar-refractivity contribution < 1.29 is 4.79 Å². The van der Waals surface area contributed by atoms with Crippen LogP contribution in [0, 0.1) is 0 Å². The van der Waals surface area contributed by atoms with E-state index in [1.807, 2.05) is 22.2 Å². The standard InChI is InChI=1S/C17H20N6O/c1-2-22-14-7-6-11(9-12(14)21-17(22)18)16(24)20-13-10-19-23-8-4-3-5-15(13)23/h6-7,9-10H,2-5,8H2,1H3,(H2,18,21)(H,20,24). The molecule has 2 aromatic heterocycles. The molecule has 1 aliphatic heterocycles. The number of nitrogens with one attached hydrogen (secondary N) is 1. The number of carbonyl (C=O) groups excluding carboxylic acids is 1. The minimum atomic E-state index is -0.150. The van der Waals surface area contributed by atoms with Gasteiger partial charge in [-0.05, 0) is 44.4 Å². The van der Waals surface area contributed by atoms with E-state index in [-0.39, 0.29) is 5.91 Å². The predicted octanol–water partition coefficient (Wildman–Crippen LogP) is 2.42. The maximum atomic E-state index is 12.6. The Morgan fingerprint density at radius 1 is 1.38 bits per heavy atom. The normalized spacial score (nSPS) is 13.9. The molecule has 3 N–H and O–H groups in total. The van der Waals surface area contributed by atoms with Gasteiger partial charge in [-0.1, -0.05) is 0 Å². The maximum absolute atomic E-state index is 12.6. The first kappa shape index (κ1) is 14.7. The molecule has 0 fully saturated rings. The average Bonchev–Trinajstić information content (AvgIpc) is 3.14. The molecular formula is C17H20N6O. The Kier molecular flexibility index (Phi) is 3.48. The first-order chi connectivity index (χ1) is 11.7. The number of aromatic nitrogens is 4. The van der Waals surface area contributed by atoms with Gasteiger partial charge in [0, 0.05) is 18.7 Å². The van der Waals surface area contributed by atoms with Gasteiger partial charge >= 0.3 is 0 Å². The number of nitrogens with two attached hydrogens (primary N) is 1. The van der Waals surface area contributed by atoms with E-state index in [1.54, 1.807) is 18.3 Å². The van der Waals surface area contributed by atoms with Crippen molar-refractivity contribution in [1.82, 2.24) is 19.3 Å². The van der Waals surface area contributed by atoms with Crippen molar-refractivity contribution in [2.24, 2.45) is 0 Å². The smallest absolute Gasteiger partial charge is 0.255 e. The zero-order valence-electron chi connectivity index (χ0n) is 13.6. The molecule has 24 heavy (non-hydrogen) atoms. The lowest BCUT2D eigenvalue weighted by Gasteiger charge is -2.14. The van der Waals surface area contributed by atoms with Gasteiger partial charge in [-0.15, -0.1) is 0 Å². The number of amides is 1. The summed E-state index contributed by atoms with van der Waals surface area (Å²) in [4.78, 5) is 16.9. The molecule has 0 aliphatic carbocycles. The van der Waals surface area contributed by atoms with E-state index in [0.717, 1.165) is 54.8 Å². The highest BCUT2D eigenvalue weighted by molar-refractivity contribution is 6.06. The molecule has 0 radical (unpaired) electrons. The van der Waals surface area contributed by atoms with Crippen LogP contribution in [0.15, 0.2) is 24.4 Å². The summed E-state index contributed by atoms with van der Waals surface area (Å²) < 4.78 is 3.90. The Bertz CT molecular complexity index is 923. The summed E-state index contributed by atoms with van der Waals surface area (Å²) in [7, 11) is 0. The third-order valence-electron chi connectivity index (χ3n) is 4.59. The van der Waals surface area contributed by atoms with Gasteiger partial charge in [0.1, 0.15) is 0 Å². The van der Waals surface area contributed by atoms with Crippen LogP contribution in [0.4, 0.5) is 11.6 Å². The molecule has 7 heteroatoms. The predicted molar refractivity (Wildman–Crippen MR) is 92.9 cm³/mol. The van der Waals surface area contributed by atoms with Gasteiger partial charge in [-0.2, -0.15) is 5.10 Å². The second kappa shape index (κ2) is 5.67. The van der Waals surface area contributed by atoms with Gasteiger partial charge in [0.2, 0.25) is 5.95 Å². The minimum Gasteiger partial charge on any atom is -0.369 e. The van der Waals surface area contributed by atoms with E-state index in [1.165, 1.54) is 0 Å². The van der Waals surface area contributed by atoms with Crippen LogP contribution in [0.3, 0.4) is 0 Å². The van der Waals surface area contributed by atoms with Crippen molar-refractivity contribution in [3.63, 3.8) is 0 Å². The number of hydrogen-bond donors (Lipinski definition) is 2. The van der Waals surface area contributed by atoms with Crippen LogP contribution in [0.5, 0.6) is 0 Å². The molecule has 3 aromatic rings. The summed E-state index contributed by atoms with van der Waals surface area (Å²) in [6, 6.07) is 5.48. The Morgan fingerprint density at radius 3 is 3.08 bits per heavy atom. The molecule has 0 saturated carbocycles. The van der Waals surface area contributed by atoms with Crippen LogP contribution in [0.25, 0.3) is 11.0 Å². The summed E-state index contributed by atoms with van der Waals surface area (Å²) in [6.45, 7) is 3.68. The molecule has 124 valence electrons. The fraction of sp³-hybridized carbons (Fsp3) is 0.353. The largest absolute Gasteiger partial charge is 0.369 e. The second-order valence-corrected chi connectivity index (χ2v) is 6.06. The number of nitrogens with zero attached hydrogens (tertiary/aromatic N) is 4. The molecule has 0 bridgehead atoms. The molecule has 0 unspecified atom stereocenters. The van der Waals surface area contributed by atoms with Crippen LogP contribution < -0.4 is 11.1 Å². The van der Waals surface area contributed by atoms with Crippen LogP contribution in [0.2, 0.25) is 0 Å². The molecule has 1 aromatic carbocycles. The van der Waals surface area contributed by atoms with E-state index in [2.05, 4.69) is 15.4 Å². The van der Waals surface area contributed by atoms with Crippen molar-refractivity contribution in [1.29, 1.82) is 0 Å². The number of fused-ring (bicyclic) bond motifs is 2. The third kappa shape index (κ3) is 2.33. The highest BCUT2D eigenvalue weighted by atomic mass is 16.1. The number of aryl methyl sites for hydroxylation is 2. The summed E-state index contributed by atoms with van der Waals surface area (Å²) in [5.74, 6) is 0.318. The Balaban J connectivity index is 1.63. The van der Waals surface area contributed by atoms with Crippen molar-refractivity contribution >= 4 is 28.6 Å². The fourth-order valence-corrected chi connectivity index (χ4v) is 3.34. The Morgan fingerprint density at radius 2 is 2.25 bits per heavy atom. The van der Waals surface area contributed by atoms with Crippen LogP contribution in [-0.2, 0) is 19.5 Å². The molecule has 1 amide bonds. The molecule has 4 rings (SSSR count). The van der Waals surface area contributed by atoms with Crippen molar-refractivity contribution in [3.8, 4) is 0 Å². The van der Waals surface area contributed by atoms with Crippen molar-refractivity contribution in [2.45, 2.75) is 39.3 Å². The number of anilines is 2. The highest BCUT2D eigenvalue weighted by Crippen LogP contribution is 2.24. The van der Waals surface area contributed by atoms with Gasteiger partial charge in [0.15, 0.2) is 0 Å². The zero-order valence-corrected chi connectivity index (χ0v) is 13.6. The SMILES string of the molecule is CCn1c(N)nc2cc(C(=O)Nc3cnn4c3CCCC4)ccc21. The average molecular weight is 324 g/mol. The fourth-order valence-electron chi connectivity index (χ4n) is 3.34. The maximum Gasteiger partial charge on any atom is 0.255 e. The van der Waals surface area contributed by atoms with E-state index >= 15 is 0 Å². The first-order valence-electron chi connectivity index (χ1n) is 8.29. The first-order valence-corrected chi connectivity index (χ1v) is 8.29. The number of hydrogen-bond acceptors (Lipinski definition) is 4. The molecule has 7 nitrogen and oxygen atoms in total. The summed E-state index contributed by atoms with van der Waals surface area (Å²) in [5.41, 5.74) is 10.1. The Labute approximate surface area is 139 Å². The van der Waals surface area contributed by atoms with Gasteiger partial charge in [0.05, 0.1) is 28.6 Å².